The van der Waals surface area contributed by atoms with E-state index in [1.165, 1.54) is 5.56 Å². The van der Waals surface area contributed by atoms with Gasteiger partial charge >= 0.3 is 0 Å². The van der Waals surface area contributed by atoms with Crippen LogP contribution in [0.4, 0.5) is 0 Å². The van der Waals surface area contributed by atoms with Crippen molar-refractivity contribution in [2.75, 3.05) is 0 Å². The van der Waals surface area contributed by atoms with Crippen LogP contribution < -0.4 is 0 Å². The van der Waals surface area contributed by atoms with Gasteiger partial charge in [0.15, 0.2) is 8.32 Å². The predicted octanol–water partition coefficient (Wildman–Crippen LogP) is 5.44. The minimum Gasteiger partial charge on any atom is -0.413 e. The highest BCUT2D eigenvalue weighted by Crippen LogP contribution is 2.37. The Balaban J connectivity index is 2.80. The molecule has 0 aromatic heterocycles. The van der Waals surface area contributed by atoms with Crippen molar-refractivity contribution < 1.29 is 4.43 Å². The summed E-state index contributed by atoms with van der Waals surface area (Å²) in [5.41, 5.74) is 5.75. The number of rotatable bonds is 3. The summed E-state index contributed by atoms with van der Waals surface area (Å²) in [6, 6.07) is 8.47. The van der Waals surface area contributed by atoms with Crippen molar-refractivity contribution in [1.82, 2.24) is 0 Å². The average molecular weight is 319 g/mol. The lowest BCUT2D eigenvalue weighted by Gasteiger charge is -2.36. The fourth-order valence-electron chi connectivity index (χ4n) is 1.48. The van der Waals surface area contributed by atoms with Gasteiger partial charge < -0.3 is 4.43 Å². The second-order valence-electron chi connectivity index (χ2n) is 8.25. The Morgan fingerprint density at radius 2 is 1.67 bits per heavy atom. The molecular formula is C18H30OSi2. The van der Waals surface area contributed by atoms with Crippen LogP contribution in [-0.2, 0) is 11.0 Å². The number of benzene rings is 1. The first-order valence-electron chi connectivity index (χ1n) is 7.67. The molecule has 0 aliphatic rings. The van der Waals surface area contributed by atoms with Crippen molar-refractivity contribution >= 4 is 16.4 Å². The Morgan fingerprint density at radius 1 is 1.05 bits per heavy atom. The molecule has 21 heavy (non-hydrogen) atoms. The molecule has 0 spiro atoms. The van der Waals surface area contributed by atoms with Crippen LogP contribution in [0.3, 0.4) is 0 Å². The van der Waals surface area contributed by atoms with Crippen LogP contribution in [0.15, 0.2) is 24.3 Å². The smallest absolute Gasteiger partial charge is 0.192 e. The largest absolute Gasteiger partial charge is 0.413 e. The topological polar surface area (TPSA) is 9.23 Å². The standard InChI is InChI=1S/C18H30OSi2/c1-18(2,3)21(7,8)19-15-17-11-9-10-16(14-17)12-13-20(4,5)6/h9-11,14H,15H2,1-8H3. The molecule has 0 aliphatic carbocycles. The molecule has 0 amide bonds. The molecule has 0 atom stereocenters. The van der Waals surface area contributed by atoms with E-state index in [-0.39, 0.29) is 5.04 Å². The molecule has 0 fully saturated rings. The van der Waals surface area contributed by atoms with Crippen LogP contribution in [0.1, 0.15) is 31.9 Å². The maximum atomic E-state index is 6.28. The predicted molar refractivity (Wildman–Crippen MR) is 98.7 cm³/mol. The number of hydrogen-bond acceptors (Lipinski definition) is 1. The van der Waals surface area contributed by atoms with Gasteiger partial charge in [-0.05, 0) is 35.8 Å². The maximum absolute atomic E-state index is 6.28. The Bertz CT molecular complexity index is 537. The van der Waals surface area contributed by atoms with Gasteiger partial charge in [-0.25, -0.2) is 0 Å². The van der Waals surface area contributed by atoms with Crippen LogP contribution in [0.5, 0.6) is 0 Å². The van der Waals surface area contributed by atoms with Crippen molar-refractivity contribution in [2.45, 2.75) is 65.2 Å². The second kappa shape index (κ2) is 6.52. The molecule has 0 heterocycles. The van der Waals surface area contributed by atoms with Gasteiger partial charge in [-0.15, -0.1) is 5.54 Å². The Labute approximate surface area is 133 Å². The van der Waals surface area contributed by atoms with Gasteiger partial charge in [-0.2, -0.15) is 0 Å². The highest BCUT2D eigenvalue weighted by Gasteiger charge is 2.36. The van der Waals surface area contributed by atoms with E-state index in [9.17, 15) is 0 Å². The van der Waals surface area contributed by atoms with Crippen molar-refractivity contribution in [1.29, 1.82) is 0 Å². The molecule has 116 valence electrons. The lowest BCUT2D eigenvalue weighted by atomic mass is 10.1. The van der Waals surface area contributed by atoms with Crippen LogP contribution in [0.25, 0.3) is 0 Å². The van der Waals surface area contributed by atoms with E-state index in [0.717, 1.165) is 5.56 Å². The summed E-state index contributed by atoms with van der Waals surface area (Å²) < 4.78 is 6.28. The average Bonchev–Trinajstić information content (AvgIpc) is 2.32. The van der Waals surface area contributed by atoms with Gasteiger partial charge in [0.2, 0.25) is 0 Å². The summed E-state index contributed by atoms with van der Waals surface area (Å²) in [5, 5.41) is 0.252. The van der Waals surface area contributed by atoms with Gasteiger partial charge in [-0.3, -0.25) is 0 Å². The molecule has 1 rings (SSSR count). The molecule has 0 saturated carbocycles. The van der Waals surface area contributed by atoms with Gasteiger partial charge in [0.1, 0.15) is 8.07 Å². The van der Waals surface area contributed by atoms with Gasteiger partial charge in [0, 0.05) is 5.56 Å². The summed E-state index contributed by atoms with van der Waals surface area (Å²) in [5.74, 6) is 3.32. The zero-order valence-corrected chi connectivity index (χ0v) is 16.9. The first-order chi connectivity index (χ1) is 9.41. The van der Waals surface area contributed by atoms with Crippen molar-refractivity contribution in [2.24, 2.45) is 0 Å². The zero-order chi connectivity index (χ0) is 16.3. The quantitative estimate of drug-likeness (QED) is 0.533. The minimum absolute atomic E-state index is 0.252. The zero-order valence-electron chi connectivity index (χ0n) is 14.9. The third-order valence-electron chi connectivity index (χ3n) is 3.91. The van der Waals surface area contributed by atoms with Gasteiger partial charge in [0.05, 0.1) is 6.61 Å². The molecule has 1 aromatic carbocycles. The first kappa shape index (κ1) is 18.2. The molecule has 0 N–H and O–H groups in total. The lowest BCUT2D eigenvalue weighted by Crippen LogP contribution is -2.40. The molecular weight excluding hydrogens is 288 g/mol. The number of hydrogen-bond donors (Lipinski definition) is 0. The maximum Gasteiger partial charge on any atom is 0.192 e. The molecule has 1 aromatic rings. The van der Waals surface area contributed by atoms with Crippen molar-refractivity contribution in [3.63, 3.8) is 0 Å². The van der Waals surface area contributed by atoms with E-state index in [1.807, 2.05) is 0 Å². The second-order valence-corrected chi connectivity index (χ2v) is 17.8. The van der Waals surface area contributed by atoms with E-state index in [0.29, 0.717) is 6.61 Å². The third-order valence-corrected chi connectivity index (χ3v) is 9.27. The van der Waals surface area contributed by atoms with E-state index >= 15 is 0 Å². The van der Waals surface area contributed by atoms with E-state index in [1.54, 1.807) is 0 Å². The van der Waals surface area contributed by atoms with Gasteiger partial charge in [-0.1, -0.05) is 58.5 Å². The van der Waals surface area contributed by atoms with Crippen LogP contribution in [0.2, 0.25) is 37.8 Å². The molecule has 0 aliphatic heterocycles. The SMILES string of the molecule is CC(C)(C)[Si](C)(C)OCc1cccc(C#C[Si](C)(C)C)c1. The summed E-state index contributed by atoms with van der Waals surface area (Å²) in [7, 11) is -3.00. The Morgan fingerprint density at radius 3 is 2.19 bits per heavy atom. The Hall–Kier alpha value is -0.826. The normalized spacial score (nSPS) is 12.8. The van der Waals surface area contributed by atoms with E-state index in [2.05, 4.69) is 89.2 Å². The van der Waals surface area contributed by atoms with Crippen LogP contribution >= 0.6 is 0 Å². The first-order valence-corrected chi connectivity index (χ1v) is 14.1. The monoisotopic (exact) mass is 318 g/mol. The molecule has 0 saturated heterocycles. The Kier molecular flexibility index (Phi) is 5.65. The van der Waals surface area contributed by atoms with E-state index in [4.69, 9.17) is 4.43 Å². The fourth-order valence-corrected chi connectivity index (χ4v) is 2.96. The molecule has 1 nitrogen and oxygen atoms in total. The van der Waals surface area contributed by atoms with Crippen LogP contribution in [0, 0.1) is 11.5 Å². The van der Waals surface area contributed by atoms with E-state index < -0.39 is 16.4 Å². The molecule has 0 unspecified atom stereocenters. The fraction of sp³-hybridized carbons (Fsp3) is 0.556. The summed E-state index contributed by atoms with van der Waals surface area (Å²) >= 11 is 0. The van der Waals surface area contributed by atoms with Crippen LogP contribution in [-0.4, -0.2) is 16.4 Å². The highest BCUT2D eigenvalue weighted by atomic mass is 28.4. The lowest BCUT2D eigenvalue weighted by molar-refractivity contribution is 0.276. The van der Waals surface area contributed by atoms with Crippen molar-refractivity contribution in [3.8, 4) is 11.5 Å². The summed E-state index contributed by atoms with van der Waals surface area (Å²) in [6.07, 6.45) is 0. The summed E-state index contributed by atoms with van der Waals surface area (Å²) in [6.45, 7) is 18.9. The highest BCUT2D eigenvalue weighted by molar-refractivity contribution is 6.83. The minimum atomic E-state index is -1.68. The molecule has 3 heteroatoms. The molecule has 0 bridgehead atoms. The molecule has 0 radical (unpaired) electrons. The third kappa shape index (κ3) is 6.21. The van der Waals surface area contributed by atoms with Crippen molar-refractivity contribution in [3.05, 3.63) is 35.4 Å². The summed E-state index contributed by atoms with van der Waals surface area (Å²) in [4.78, 5) is 0. The van der Waals surface area contributed by atoms with Gasteiger partial charge in [0.25, 0.3) is 0 Å².